The van der Waals surface area contributed by atoms with Crippen LogP contribution < -0.4 is 14.8 Å². The van der Waals surface area contributed by atoms with E-state index in [9.17, 15) is 18.0 Å². The van der Waals surface area contributed by atoms with Crippen molar-refractivity contribution in [2.45, 2.75) is 6.18 Å². The van der Waals surface area contributed by atoms with Crippen LogP contribution in [0.3, 0.4) is 0 Å². The SMILES string of the molecule is COc1ccc(NC(=O)c2ccc(-c3cccc(C(F)(F)F)c3)o2)cc1OC. The molecule has 0 aliphatic rings. The molecule has 0 spiro atoms. The summed E-state index contributed by atoms with van der Waals surface area (Å²) in [5.74, 6) is 0.505. The molecule has 0 aliphatic heterocycles. The van der Waals surface area contributed by atoms with Gasteiger partial charge in [0.1, 0.15) is 5.76 Å². The maximum atomic E-state index is 12.9. The zero-order chi connectivity index (χ0) is 20.3. The first-order valence-corrected chi connectivity index (χ1v) is 8.12. The van der Waals surface area contributed by atoms with Crippen LogP contribution in [0.2, 0.25) is 0 Å². The van der Waals surface area contributed by atoms with Crippen molar-refractivity contribution in [2.24, 2.45) is 0 Å². The van der Waals surface area contributed by atoms with E-state index in [2.05, 4.69) is 5.32 Å². The average Bonchev–Trinajstić information content (AvgIpc) is 3.17. The summed E-state index contributed by atoms with van der Waals surface area (Å²) in [7, 11) is 2.96. The number of carbonyl (C=O) groups excluding carboxylic acids is 1. The molecule has 3 aromatic rings. The van der Waals surface area contributed by atoms with Crippen LogP contribution in [0.15, 0.2) is 59.0 Å². The lowest BCUT2D eigenvalue weighted by atomic mass is 10.1. The minimum Gasteiger partial charge on any atom is -0.493 e. The van der Waals surface area contributed by atoms with Crippen LogP contribution in [-0.4, -0.2) is 20.1 Å². The second-order valence-corrected chi connectivity index (χ2v) is 5.77. The number of ether oxygens (including phenoxy) is 2. The van der Waals surface area contributed by atoms with Gasteiger partial charge in [-0.05, 0) is 36.4 Å². The maximum Gasteiger partial charge on any atom is 0.416 e. The van der Waals surface area contributed by atoms with Gasteiger partial charge >= 0.3 is 6.18 Å². The normalized spacial score (nSPS) is 11.2. The zero-order valence-electron chi connectivity index (χ0n) is 15.0. The molecule has 0 aliphatic carbocycles. The molecule has 0 saturated heterocycles. The molecule has 2 aromatic carbocycles. The Bertz CT molecular complexity index is 995. The number of amides is 1. The highest BCUT2D eigenvalue weighted by Crippen LogP contribution is 2.33. The van der Waals surface area contributed by atoms with Gasteiger partial charge in [-0.15, -0.1) is 0 Å². The molecule has 1 heterocycles. The lowest BCUT2D eigenvalue weighted by molar-refractivity contribution is -0.137. The third-order valence-electron chi connectivity index (χ3n) is 3.95. The number of halogens is 3. The lowest BCUT2D eigenvalue weighted by Gasteiger charge is -2.10. The number of methoxy groups -OCH3 is 2. The molecule has 0 saturated carbocycles. The van der Waals surface area contributed by atoms with E-state index in [1.807, 2.05) is 0 Å². The van der Waals surface area contributed by atoms with E-state index in [0.29, 0.717) is 17.2 Å². The molecular weight excluding hydrogens is 375 g/mol. The van der Waals surface area contributed by atoms with Crippen LogP contribution in [0, 0.1) is 0 Å². The Morgan fingerprint density at radius 1 is 0.964 bits per heavy atom. The van der Waals surface area contributed by atoms with Gasteiger partial charge in [-0.25, -0.2) is 0 Å². The first kappa shape index (κ1) is 19.3. The second kappa shape index (κ2) is 7.67. The second-order valence-electron chi connectivity index (χ2n) is 5.77. The van der Waals surface area contributed by atoms with Gasteiger partial charge in [-0.2, -0.15) is 13.2 Å². The Balaban J connectivity index is 1.80. The molecule has 0 atom stereocenters. The van der Waals surface area contributed by atoms with Crippen molar-refractivity contribution in [1.82, 2.24) is 0 Å². The van der Waals surface area contributed by atoms with Crippen molar-refractivity contribution in [3.8, 4) is 22.8 Å². The van der Waals surface area contributed by atoms with Crippen molar-refractivity contribution in [3.05, 3.63) is 65.9 Å². The molecule has 5 nitrogen and oxygen atoms in total. The molecule has 8 heteroatoms. The molecule has 0 radical (unpaired) electrons. The summed E-state index contributed by atoms with van der Waals surface area (Å²) < 4.78 is 54.3. The average molecular weight is 391 g/mol. The number of furan rings is 1. The number of hydrogen-bond acceptors (Lipinski definition) is 4. The zero-order valence-corrected chi connectivity index (χ0v) is 15.0. The van der Waals surface area contributed by atoms with Crippen molar-refractivity contribution in [2.75, 3.05) is 19.5 Å². The van der Waals surface area contributed by atoms with Crippen molar-refractivity contribution < 1.29 is 31.9 Å². The predicted octanol–water partition coefficient (Wildman–Crippen LogP) is 5.23. The Morgan fingerprint density at radius 3 is 2.39 bits per heavy atom. The molecule has 3 rings (SSSR count). The van der Waals surface area contributed by atoms with Gasteiger partial charge in [-0.3, -0.25) is 4.79 Å². The van der Waals surface area contributed by atoms with Crippen LogP contribution in [0.5, 0.6) is 11.5 Å². The first-order chi connectivity index (χ1) is 13.3. The fourth-order valence-corrected chi connectivity index (χ4v) is 2.57. The molecule has 28 heavy (non-hydrogen) atoms. The van der Waals surface area contributed by atoms with E-state index >= 15 is 0 Å². The van der Waals surface area contributed by atoms with E-state index in [1.54, 1.807) is 18.2 Å². The summed E-state index contributed by atoms with van der Waals surface area (Å²) in [5.41, 5.74) is -0.127. The Kier molecular flexibility index (Phi) is 5.30. The monoisotopic (exact) mass is 391 g/mol. The van der Waals surface area contributed by atoms with Crippen molar-refractivity contribution in [3.63, 3.8) is 0 Å². The number of benzene rings is 2. The van der Waals surface area contributed by atoms with Gasteiger partial charge < -0.3 is 19.2 Å². The van der Waals surface area contributed by atoms with Crippen LogP contribution in [0.25, 0.3) is 11.3 Å². The van der Waals surface area contributed by atoms with Crippen LogP contribution in [0.4, 0.5) is 18.9 Å². The summed E-state index contributed by atoms with van der Waals surface area (Å²) in [6.45, 7) is 0. The highest BCUT2D eigenvalue weighted by molar-refractivity contribution is 6.02. The summed E-state index contributed by atoms with van der Waals surface area (Å²) in [6, 6.07) is 12.4. The molecular formula is C20H16F3NO4. The van der Waals surface area contributed by atoms with E-state index in [4.69, 9.17) is 13.9 Å². The molecule has 1 aromatic heterocycles. The highest BCUT2D eigenvalue weighted by atomic mass is 19.4. The van der Waals surface area contributed by atoms with Gasteiger partial charge in [-0.1, -0.05) is 12.1 Å². The lowest BCUT2D eigenvalue weighted by Crippen LogP contribution is -2.11. The molecule has 1 amide bonds. The van der Waals surface area contributed by atoms with Gasteiger partial charge in [0.25, 0.3) is 5.91 Å². The van der Waals surface area contributed by atoms with Crippen molar-refractivity contribution >= 4 is 11.6 Å². The molecule has 1 N–H and O–H groups in total. The van der Waals surface area contributed by atoms with E-state index in [-0.39, 0.29) is 17.1 Å². The molecule has 146 valence electrons. The number of carbonyl (C=O) groups is 1. The van der Waals surface area contributed by atoms with E-state index in [0.717, 1.165) is 12.1 Å². The minimum atomic E-state index is -4.46. The largest absolute Gasteiger partial charge is 0.493 e. The molecule has 0 fully saturated rings. The standard InChI is InChI=1S/C20H16F3NO4/c1-26-16-7-6-14(11-18(16)27-2)24-19(25)17-9-8-15(28-17)12-4-3-5-13(10-12)20(21,22)23/h3-11H,1-2H3,(H,24,25). The maximum absolute atomic E-state index is 12.9. The van der Waals surface area contributed by atoms with E-state index in [1.165, 1.54) is 38.5 Å². The quantitative estimate of drug-likeness (QED) is 0.647. The third kappa shape index (κ3) is 4.11. The summed E-state index contributed by atoms with van der Waals surface area (Å²) in [6.07, 6.45) is -4.46. The third-order valence-corrected chi connectivity index (χ3v) is 3.95. The number of nitrogens with one attached hydrogen (secondary N) is 1. The summed E-state index contributed by atoms with van der Waals surface area (Å²) in [4.78, 5) is 12.4. The van der Waals surface area contributed by atoms with Crippen LogP contribution in [-0.2, 0) is 6.18 Å². The fraction of sp³-hybridized carbons (Fsp3) is 0.150. The van der Waals surface area contributed by atoms with Crippen molar-refractivity contribution in [1.29, 1.82) is 0 Å². The van der Waals surface area contributed by atoms with Gasteiger partial charge in [0.2, 0.25) is 0 Å². The molecule has 0 bridgehead atoms. The summed E-state index contributed by atoms with van der Waals surface area (Å²) >= 11 is 0. The minimum absolute atomic E-state index is 0.0396. The van der Waals surface area contributed by atoms with Gasteiger partial charge in [0, 0.05) is 17.3 Å². The number of rotatable bonds is 5. The summed E-state index contributed by atoms with van der Waals surface area (Å²) in [5, 5.41) is 2.64. The number of anilines is 1. The Morgan fingerprint density at radius 2 is 1.71 bits per heavy atom. The van der Waals surface area contributed by atoms with Crippen LogP contribution >= 0.6 is 0 Å². The Hall–Kier alpha value is -3.42. The van der Waals surface area contributed by atoms with Gasteiger partial charge in [0.05, 0.1) is 19.8 Å². The number of hydrogen-bond donors (Lipinski definition) is 1. The smallest absolute Gasteiger partial charge is 0.416 e. The van der Waals surface area contributed by atoms with Crippen LogP contribution in [0.1, 0.15) is 16.1 Å². The first-order valence-electron chi connectivity index (χ1n) is 8.12. The molecule has 0 unspecified atom stereocenters. The predicted molar refractivity (Wildman–Crippen MR) is 96.6 cm³/mol. The number of alkyl halides is 3. The topological polar surface area (TPSA) is 60.7 Å². The highest BCUT2D eigenvalue weighted by Gasteiger charge is 2.30. The van der Waals surface area contributed by atoms with Gasteiger partial charge in [0.15, 0.2) is 17.3 Å². The van der Waals surface area contributed by atoms with E-state index < -0.39 is 17.6 Å². The Labute approximate surface area is 158 Å². The fourth-order valence-electron chi connectivity index (χ4n) is 2.57.